The fourth-order valence-electron chi connectivity index (χ4n) is 2.47. The minimum Gasteiger partial charge on any atom is -0.355 e. The van der Waals surface area contributed by atoms with Crippen LogP contribution in [0, 0.1) is 5.92 Å². The average Bonchev–Trinajstić information content (AvgIpc) is 3.25. The molecule has 0 saturated carbocycles. The fraction of sp³-hybridized carbons (Fsp3) is 0.235. The fourth-order valence-corrected chi connectivity index (χ4v) is 2.47. The average molecular weight is 311 g/mol. The molecule has 0 spiro atoms. The predicted octanol–water partition coefficient (Wildman–Crippen LogP) is 2.46. The first-order valence-electron chi connectivity index (χ1n) is 7.50. The molecular weight excluding hydrogens is 294 g/mol. The quantitative estimate of drug-likeness (QED) is 0.671. The summed E-state index contributed by atoms with van der Waals surface area (Å²) < 4.78 is 5.15. The Morgan fingerprint density at radius 1 is 1.22 bits per heavy atom. The Hall–Kier alpha value is -2.89. The SMILES string of the molecule is O=C(CC1C=CCC1)NNC(=O)c1cc(-c2ccccc2)on1. The van der Waals surface area contributed by atoms with Crippen LogP contribution in [-0.2, 0) is 4.79 Å². The first-order chi connectivity index (χ1) is 11.2. The number of benzene rings is 1. The summed E-state index contributed by atoms with van der Waals surface area (Å²) in [6.45, 7) is 0. The van der Waals surface area contributed by atoms with Crippen molar-refractivity contribution in [2.45, 2.75) is 19.3 Å². The van der Waals surface area contributed by atoms with E-state index in [1.54, 1.807) is 0 Å². The molecule has 1 aliphatic carbocycles. The Labute approximate surface area is 133 Å². The van der Waals surface area contributed by atoms with Gasteiger partial charge in [-0.15, -0.1) is 0 Å². The molecule has 1 unspecified atom stereocenters. The zero-order valence-corrected chi connectivity index (χ0v) is 12.5. The van der Waals surface area contributed by atoms with Crippen LogP contribution in [0.5, 0.6) is 0 Å². The second kappa shape index (κ2) is 6.91. The maximum atomic E-state index is 12.0. The maximum Gasteiger partial charge on any atom is 0.291 e. The number of rotatable bonds is 4. The van der Waals surface area contributed by atoms with Crippen molar-refractivity contribution < 1.29 is 14.1 Å². The lowest BCUT2D eigenvalue weighted by Crippen LogP contribution is -2.42. The van der Waals surface area contributed by atoms with Gasteiger partial charge in [-0.2, -0.15) is 0 Å². The molecule has 0 radical (unpaired) electrons. The number of nitrogens with one attached hydrogen (secondary N) is 2. The second-order valence-electron chi connectivity index (χ2n) is 5.41. The van der Waals surface area contributed by atoms with E-state index in [1.807, 2.05) is 36.4 Å². The zero-order chi connectivity index (χ0) is 16.1. The summed E-state index contributed by atoms with van der Waals surface area (Å²) in [5, 5.41) is 3.72. The first kappa shape index (κ1) is 15.0. The molecule has 0 bridgehead atoms. The van der Waals surface area contributed by atoms with Crippen LogP contribution in [0.3, 0.4) is 0 Å². The van der Waals surface area contributed by atoms with Crippen molar-refractivity contribution in [1.82, 2.24) is 16.0 Å². The molecule has 1 aliphatic rings. The van der Waals surface area contributed by atoms with Gasteiger partial charge in [0.15, 0.2) is 11.5 Å². The number of hydrogen-bond donors (Lipinski definition) is 2. The number of amides is 2. The minimum atomic E-state index is -0.508. The molecule has 6 nitrogen and oxygen atoms in total. The minimum absolute atomic E-state index is 0.116. The lowest BCUT2D eigenvalue weighted by molar-refractivity contribution is -0.122. The van der Waals surface area contributed by atoms with Gasteiger partial charge in [-0.1, -0.05) is 47.6 Å². The molecule has 1 atom stereocenters. The summed E-state index contributed by atoms with van der Waals surface area (Å²) in [5.74, 6) is 0.0229. The monoisotopic (exact) mass is 311 g/mol. The van der Waals surface area contributed by atoms with E-state index < -0.39 is 5.91 Å². The van der Waals surface area contributed by atoms with E-state index in [0.29, 0.717) is 12.2 Å². The molecule has 118 valence electrons. The van der Waals surface area contributed by atoms with Crippen molar-refractivity contribution in [3.8, 4) is 11.3 Å². The van der Waals surface area contributed by atoms with Crippen molar-refractivity contribution >= 4 is 11.8 Å². The number of carbonyl (C=O) groups excluding carboxylic acids is 2. The normalized spacial score (nSPS) is 16.3. The van der Waals surface area contributed by atoms with Gasteiger partial charge in [-0.3, -0.25) is 20.4 Å². The topological polar surface area (TPSA) is 84.2 Å². The van der Waals surface area contributed by atoms with E-state index in [2.05, 4.69) is 22.1 Å². The Morgan fingerprint density at radius 3 is 2.78 bits per heavy atom. The number of aromatic nitrogens is 1. The van der Waals surface area contributed by atoms with Crippen LogP contribution >= 0.6 is 0 Å². The molecule has 1 aromatic carbocycles. The van der Waals surface area contributed by atoms with Gasteiger partial charge in [-0.25, -0.2) is 0 Å². The van der Waals surface area contributed by atoms with Crippen LogP contribution in [-0.4, -0.2) is 17.0 Å². The van der Waals surface area contributed by atoms with E-state index in [-0.39, 0.29) is 17.5 Å². The smallest absolute Gasteiger partial charge is 0.291 e. The molecule has 1 aromatic heterocycles. The number of hydrogen-bond acceptors (Lipinski definition) is 4. The Kier molecular flexibility index (Phi) is 4.52. The standard InChI is InChI=1S/C17H17N3O3/c21-16(10-12-6-4-5-7-12)18-19-17(22)14-11-15(23-20-14)13-8-2-1-3-9-13/h1-4,6,8-9,11-12H,5,7,10H2,(H,18,21)(H,19,22). The van der Waals surface area contributed by atoms with Crippen LogP contribution in [0.1, 0.15) is 29.8 Å². The highest BCUT2D eigenvalue weighted by Gasteiger charge is 2.16. The molecule has 23 heavy (non-hydrogen) atoms. The van der Waals surface area contributed by atoms with Gasteiger partial charge >= 0.3 is 0 Å². The van der Waals surface area contributed by atoms with Crippen LogP contribution in [0.15, 0.2) is 53.1 Å². The molecular formula is C17H17N3O3. The lowest BCUT2D eigenvalue weighted by Gasteiger charge is -2.08. The summed E-state index contributed by atoms with van der Waals surface area (Å²) >= 11 is 0. The molecule has 6 heteroatoms. The van der Waals surface area contributed by atoms with Gasteiger partial charge < -0.3 is 4.52 Å². The highest BCUT2D eigenvalue weighted by atomic mass is 16.5. The van der Waals surface area contributed by atoms with Gasteiger partial charge in [0.25, 0.3) is 5.91 Å². The number of hydrazine groups is 1. The van der Waals surface area contributed by atoms with Crippen molar-refractivity contribution in [1.29, 1.82) is 0 Å². The second-order valence-corrected chi connectivity index (χ2v) is 5.41. The Balaban J connectivity index is 1.53. The summed E-state index contributed by atoms with van der Waals surface area (Å²) in [6, 6.07) is 10.9. The maximum absolute atomic E-state index is 12.0. The third kappa shape index (κ3) is 3.85. The van der Waals surface area contributed by atoms with Gasteiger partial charge in [0, 0.05) is 18.1 Å². The zero-order valence-electron chi connectivity index (χ0n) is 12.5. The van der Waals surface area contributed by atoms with Crippen molar-refractivity contribution in [3.63, 3.8) is 0 Å². The van der Waals surface area contributed by atoms with Crippen molar-refractivity contribution in [2.75, 3.05) is 0 Å². The third-order valence-electron chi connectivity index (χ3n) is 3.68. The Bertz CT molecular complexity index is 722. The molecule has 0 fully saturated rings. The van der Waals surface area contributed by atoms with Gasteiger partial charge in [0.05, 0.1) is 0 Å². The van der Waals surface area contributed by atoms with E-state index >= 15 is 0 Å². The predicted molar refractivity (Wildman–Crippen MR) is 84.0 cm³/mol. The highest BCUT2D eigenvalue weighted by Crippen LogP contribution is 2.20. The molecule has 0 aliphatic heterocycles. The van der Waals surface area contributed by atoms with Crippen LogP contribution < -0.4 is 10.9 Å². The number of carbonyl (C=O) groups is 2. The summed E-state index contributed by atoms with van der Waals surface area (Å²) in [7, 11) is 0. The third-order valence-corrected chi connectivity index (χ3v) is 3.68. The number of nitrogens with zero attached hydrogens (tertiary/aromatic N) is 1. The van der Waals surface area contributed by atoms with Crippen LogP contribution in [0.25, 0.3) is 11.3 Å². The largest absolute Gasteiger partial charge is 0.355 e. The van der Waals surface area contributed by atoms with Gasteiger partial charge in [0.1, 0.15) is 0 Å². The van der Waals surface area contributed by atoms with Crippen molar-refractivity contribution in [3.05, 3.63) is 54.2 Å². The molecule has 2 N–H and O–H groups in total. The van der Waals surface area contributed by atoms with E-state index in [0.717, 1.165) is 18.4 Å². The first-order valence-corrected chi connectivity index (χ1v) is 7.50. The summed E-state index contributed by atoms with van der Waals surface area (Å²) in [4.78, 5) is 23.7. The van der Waals surface area contributed by atoms with Gasteiger partial charge in [0.2, 0.25) is 5.91 Å². The molecule has 1 heterocycles. The molecule has 2 aromatic rings. The van der Waals surface area contributed by atoms with Crippen molar-refractivity contribution in [2.24, 2.45) is 5.92 Å². The molecule has 0 saturated heterocycles. The molecule has 3 rings (SSSR count). The summed E-state index contributed by atoms with van der Waals surface area (Å²) in [6.07, 6.45) is 6.45. The van der Waals surface area contributed by atoms with E-state index in [1.165, 1.54) is 6.07 Å². The Morgan fingerprint density at radius 2 is 2.04 bits per heavy atom. The summed E-state index contributed by atoms with van der Waals surface area (Å²) in [5.41, 5.74) is 5.70. The molecule has 2 amide bonds. The number of allylic oxidation sites excluding steroid dienone is 2. The van der Waals surface area contributed by atoms with E-state index in [4.69, 9.17) is 4.52 Å². The highest BCUT2D eigenvalue weighted by molar-refractivity contribution is 5.94. The van der Waals surface area contributed by atoms with Crippen LogP contribution in [0.2, 0.25) is 0 Å². The van der Waals surface area contributed by atoms with E-state index in [9.17, 15) is 9.59 Å². The lowest BCUT2D eigenvalue weighted by atomic mass is 10.1. The van der Waals surface area contributed by atoms with Gasteiger partial charge in [-0.05, 0) is 18.8 Å². The van der Waals surface area contributed by atoms with Crippen LogP contribution in [0.4, 0.5) is 0 Å².